The average Bonchev–Trinajstić information content (AvgIpc) is 2.69. The Balaban J connectivity index is 1.92. The zero-order valence-corrected chi connectivity index (χ0v) is 9.64. The summed E-state index contributed by atoms with van der Waals surface area (Å²) in [6.07, 6.45) is 2.62. The van der Waals surface area contributed by atoms with Crippen LogP contribution in [0, 0.1) is 13.8 Å². The second-order valence-electron chi connectivity index (χ2n) is 4.49. The lowest BCUT2D eigenvalue weighted by molar-refractivity contribution is 0.633. The fraction of sp³-hybridized carbons (Fsp3) is 0.538. The molecule has 0 saturated carbocycles. The van der Waals surface area contributed by atoms with Gasteiger partial charge in [0.1, 0.15) is 0 Å². The molecule has 2 nitrogen and oxygen atoms in total. The van der Waals surface area contributed by atoms with Crippen LogP contribution >= 0.6 is 0 Å². The topological polar surface area (TPSA) is 24.1 Å². The van der Waals surface area contributed by atoms with E-state index in [2.05, 4.69) is 42.7 Å². The van der Waals surface area contributed by atoms with Crippen LogP contribution in [0.1, 0.15) is 24.0 Å². The third kappa shape index (κ3) is 2.72. The van der Waals surface area contributed by atoms with Gasteiger partial charge in [-0.3, -0.25) is 0 Å². The van der Waals surface area contributed by atoms with Gasteiger partial charge < -0.3 is 10.6 Å². The molecule has 1 heterocycles. The predicted molar refractivity (Wildman–Crippen MR) is 65.4 cm³/mol. The van der Waals surface area contributed by atoms with Crippen LogP contribution in [0.5, 0.6) is 0 Å². The highest BCUT2D eigenvalue weighted by Crippen LogP contribution is 2.16. The second-order valence-corrected chi connectivity index (χ2v) is 4.49. The van der Waals surface area contributed by atoms with Crippen molar-refractivity contribution in [3.63, 3.8) is 0 Å². The molecule has 0 amide bonds. The number of hydrogen-bond acceptors (Lipinski definition) is 2. The first-order valence-corrected chi connectivity index (χ1v) is 5.80. The van der Waals surface area contributed by atoms with Gasteiger partial charge in [0.05, 0.1) is 0 Å². The van der Waals surface area contributed by atoms with Crippen LogP contribution in [-0.2, 0) is 0 Å². The van der Waals surface area contributed by atoms with Gasteiger partial charge in [0.25, 0.3) is 0 Å². The summed E-state index contributed by atoms with van der Waals surface area (Å²) in [5, 5.41) is 7.01. The maximum atomic E-state index is 3.52. The van der Waals surface area contributed by atoms with Gasteiger partial charge in [0.2, 0.25) is 0 Å². The first-order valence-electron chi connectivity index (χ1n) is 5.80. The molecule has 0 aliphatic carbocycles. The molecule has 1 aliphatic heterocycles. The Morgan fingerprint density at radius 2 is 2.27 bits per heavy atom. The first kappa shape index (κ1) is 10.5. The summed E-state index contributed by atoms with van der Waals surface area (Å²) in [6.45, 7) is 6.52. The molecule has 82 valence electrons. The minimum atomic E-state index is 0.658. The monoisotopic (exact) mass is 204 g/mol. The number of hydrogen-bond donors (Lipinski definition) is 2. The van der Waals surface area contributed by atoms with Crippen LogP contribution in [0.3, 0.4) is 0 Å². The van der Waals surface area contributed by atoms with Gasteiger partial charge in [0.15, 0.2) is 0 Å². The van der Waals surface area contributed by atoms with Crippen LogP contribution < -0.4 is 10.6 Å². The van der Waals surface area contributed by atoms with Gasteiger partial charge in [-0.2, -0.15) is 0 Å². The zero-order valence-electron chi connectivity index (χ0n) is 9.64. The van der Waals surface area contributed by atoms with E-state index in [-0.39, 0.29) is 0 Å². The molecule has 1 aromatic carbocycles. The van der Waals surface area contributed by atoms with Crippen molar-refractivity contribution in [1.29, 1.82) is 0 Å². The van der Waals surface area contributed by atoms with E-state index >= 15 is 0 Å². The summed E-state index contributed by atoms with van der Waals surface area (Å²) in [7, 11) is 0. The van der Waals surface area contributed by atoms with Crippen molar-refractivity contribution in [2.24, 2.45) is 0 Å². The van der Waals surface area contributed by atoms with Crippen LogP contribution in [0.4, 0.5) is 5.69 Å². The van der Waals surface area contributed by atoms with E-state index in [1.165, 1.54) is 36.2 Å². The Bertz CT molecular complexity index is 327. The highest BCUT2D eigenvalue weighted by atomic mass is 15.0. The molecule has 1 aromatic rings. The van der Waals surface area contributed by atoms with Crippen molar-refractivity contribution in [2.75, 3.05) is 18.4 Å². The maximum Gasteiger partial charge on any atom is 0.0370 e. The van der Waals surface area contributed by atoms with Crippen LogP contribution in [0.15, 0.2) is 18.2 Å². The molecule has 1 saturated heterocycles. The number of aryl methyl sites for hydroxylation is 2. The van der Waals surface area contributed by atoms with Crippen LogP contribution in [0.2, 0.25) is 0 Å². The quantitative estimate of drug-likeness (QED) is 0.790. The van der Waals surface area contributed by atoms with E-state index in [9.17, 15) is 0 Å². The van der Waals surface area contributed by atoms with Gasteiger partial charge in [-0.25, -0.2) is 0 Å². The highest BCUT2D eigenvalue weighted by Gasteiger charge is 2.13. The van der Waals surface area contributed by atoms with Gasteiger partial charge in [-0.15, -0.1) is 0 Å². The number of nitrogens with one attached hydrogen (secondary N) is 2. The summed E-state index contributed by atoms with van der Waals surface area (Å²) in [5.74, 6) is 0. The van der Waals surface area contributed by atoms with E-state index in [4.69, 9.17) is 0 Å². The molecule has 2 N–H and O–H groups in total. The van der Waals surface area contributed by atoms with Crippen LogP contribution in [0.25, 0.3) is 0 Å². The fourth-order valence-corrected chi connectivity index (χ4v) is 2.18. The summed E-state index contributed by atoms with van der Waals surface area (Å²) in [4.78, 5) is 0. The van der Waals surface area contributed by atoms with Crippen LogP contribution in [-0.4, -0.2) is 19.1 Å². The van der Waals surface area contributed by atoms with Gasteiger partial charge >= 0.3 is 0 Å². The zero-order chi connectivity index (χ0) is 10.7. The summed E-state index contributed by atoms with van der Waals surface area (Å²) in [6, 6.07) is 7.23. The molecule has 0 bridgehead atoms. The van der Waals surface area contributed by atoms with Crippen molar-refractivity contribution >= 4 is 5.69 Å². The third-order valence-electron chi connectivity index (χ3n) is 3.08. The Hall–Kier alpha value is -1.02. The number of benzene rings is 1. The third-order valence-corrected chi connectivity index (χ3v) is 3.08. The minimum Gasteiger partial charge on any atom is -0.383 e. The molecule has 15 heavy (non-hydrogen) atoms. The lowest BCUT2D eigenvalue weighted by Gasteiger charge is -2.14. The molecule has 1 fully saturated rings. The fourth-order valence-electron chi connectivity index (χ4n) is 2.18. The van der Waals surface area contributed by atoms with Crippen molar-refractivity contribution < 1.29 is 0 Å². The SMILES string of the molecule is Cc1ccc(NC[C@@H]2CCCN2)c(C)c1. The van der Waals surface area contributed by atoms with Crippen molar-refractivity contribution in [3.8, 4) is 0 Å². The second kappa shape index (κ2) is 4.67. The Morgan fingerprint density at radius 3 is 2.93 bits per heavy atom. The Kier molecular flexibility index (Phi) is 3.27. The van der Waals surface area contributed by atoms with Gasteiger partial charge in [-0.1, -0.05) is 17.7 Å². The Morgan fingerprint density at radius 1 is 1.40 bits per heavy atom. The molecule has 2 rings (SSSR count). The molecule has 1 atom stereocenters. The molecule has 2 heteroatoms. The van der Waals surface area contributed by atoms with E-state index in [1.54, 1.807) is 0 Å². The smallest absolute Gasteiger partial charge is 0.0370 e. The maximum absolute atomic E-state index is 3.52. The largest absolute Gasteiger partial charge is 0.383 e. The van der Waals surface area contributed by atoms with E-state index in [1.807, 2.05) is 0 Å². The number of anilines is 1. The summed E-state index contributed by atoms with van der Waals surface area (Å²) < 4.78 is 0. The first-order chi connectivity index (χ1) is 7.25. The summed E-state index contributed by atoms with van der Waals surface area (Å²) >= 11 is 0. The van der Waals surface area contributed by atoms with Crippen molar-refractivity contribution in [1.82, 2.24) is 5.32 Å². The molecule has 0 spiro atoms. The molecule has 1 aliphatic rings. The summed E-state index contributed by atoms with van der Waals surface area (Å²) in [5.41, 5.74) is 3.94. The number of rotatable bonds is 3. The normalized spacial score (nSPS) is 20.5. The van der Waals surface area contributed by atoms with Crippen molar-refractivity contribution in [2.45, 2.75) is 32.7 Å². The molecular formula is C13H20N2. The predicted octanol–water partition coefficient (Wildman–Crippen LogP) is 2.47. The van der Waals surface area contributed by atoms with E-state index < -0.39 is 0 Å². The highest BCUT2D eigenvalue weighted by molar-refractivity contribution is 5.52. The molecule has 0 radical (unpaired) electrons. The average molecular weight is 204 g/mol. The molecule has 0 unspecified atom stereocenters. The van der Waals surface area contributed by atoms with E-state index in [0.29, 0.717) is 6.04 Å². The Labute approximate surface area is 92.1 Å². The standard InChI is InChI=1S/C13H20N2/c1-10-5-6-13(11(2)8-10)15-9-12-4-3-7-14-12/h5-6,8,12,14-15H,3-4,7,9H2,1-2H3/t12-/m0/s1. The minimum absolute atomic E-state index is 0.658. The van der Waals surface area contributed by atoms with Gasteiger partial charge in [-0.05, 0) is 44.9 Å². The van der Waals surface area contributed by atoms with Gasteiger partial charge in [0, 0.05) is 18.3 Å². The van der Waals surface area contributed by atoms with E-state index in [0.717, 1.165) is 6.54 Å². The lowest BCUT2D eigenvalue weighted by Crippen LogP contribution is -2.29. The van der Waals surface area contributed by atoms with Crippen molar-refractivity contribution in [3.05, 3.63) is 29.3 Å². The lowest BCUT2D eigenvalue weighted by atomic mass is 10.1. The molecule has 0 aromatic heterocycles. The molecular weight excluding hydrogens is 184 g/mol.